The summed E-state index contributed by atoms with van der Waals surface area (Å²) in [4.78, 5) is 4.66. The van der Waals surface area contributed by atoms with E-state index in [2.05, 4.69) is 36.2 Å². The first kappa shape index (κ1) is 20.4. The molecule has 0 saturated heterocycles. The van der Waals surface area contributed by atoms with Gasteiger partial charge in [0.25, 0.3) is 0 Å². The number of hydrogen-bond acceptors (Lipinski definition) is 2. The molecule has 0 bridgehead atoms. The van der Waals surface area contributed by atoms with Crippen LogP contribution in [0.5, 0.6) is 0 Å². The van der Waals surface area contributed by atoms with Gasteiger partial charge in [-0.15, -0.1) is 0 Å². The third-order valence-corrected chi connectivity index (χ3v) is 4.99. The summed E-state index contributed by atoms with van der Waals surface area (Å²) in [7, 11) is 2.14. The lowest BCUT2D eigenvalue weighted by molar-refractivity contribution is 0.290. The largest absolute Gasteiger partial charge is 0.362 e. The van der Waals surface area contributed by atoms with Crippen LogP contribution >= 0.6 is 0 Å². The van der Waals surface area contributed by atoms with E-state index in [1.807, 2.05) is 0 Å². The van der Waals surface area contributed by atoms with Gasteiger partial charge in [0.15, 0.2) is 0 Å². The summed E-state index contributed by atoms with van der Waals surface area (Å²) in [5.41, 5.74) is 0. The molecule has 1 rings (SSSR count). The van der Waals surface area contributed by atoms with E-state index in [1.54, 1.807) is 0 Å². The van der Waals surface area contributed by atoms with E-state index in [-0.39, 0.29) is 0 Å². The van der Waals surface area contributed by atoms with Gasteiger partial charge in [0.1, 0.15) is 0 Å². The Balaban J connectivity index is 1.68. The van der Waals surface area contributed by atoms with Crippen molar-refractivity contribution in [3.63, 3.8) is 0 Å². The standard InChI is InChI=1S/C21H42N2/c1-3-4-5-6-7-8-9-10-11-12-13-14-15-16-17-18-23-20-19-22(2)21-23/h19-20H,3-18,21H2,1-2H3. The van der Waals surface area contributed by atoms with Crippen molar-refractivity contribution in [1.29, 1.82) is 0 Å². The monoisotopic (exact) mass is 322 g/mol. The van der Waals surface area contributed by atoms with Crippen LogP contribution in [0.15, 0.2) is 12.4 Å². The molecular formula is C21H42N2. The first-order chi connectivity index (χ1) is 11.3. The quantitative estimate of drug-likeness (QED) is 0.298. The highest BCUT2D eigenvalue weighted by Gasteiger charge is 2.06. The molecule has 0 N–H and O–H groups in total. The number of rotatable bonds is 16. The fourth-order valence-corrected chi connectivity index (χ4v) is 3.42. The third kappa shape index (κ3) is 12.4. The molecule has 2 nitrogen and oxygen atoms in total. The van der Waals surface area contributed by atoms with Crippen LogP contribution in [0.3, 0.4) is 0 Å². The Kier molecular flexibility index (Phi) is 13.2. The lowest BCUT2D eigenvalue weighted by Crippen LogP contribution is -2.23. The second kappa shape index (κ2) is 14.9. The molecule has 0 atom stereocenters. The third-order valence-electron chi connectivity index (χ3n) is 4.99. The van der Waals surface area contributed by atoms with Crippen LogP contribution in [0.4, 0.5) is 0 Å². The van der Waals surface area contributed by atoms with Gasteiger partial charge < -0.3 is 9.80 Å². The number of hydrogen-bond donors (Lipinski definition) is 0. The first-order valence-electron chi connectivity index (χ1n) is 10.5. The van der Waals surface area contributed by atoms with Gasteiger partial charge >= 0.3 is 0 Å². The van der Waals surface area contributed by atoms with Crippen molar-refractivity contribution in [2.45, 2.75) is 103 Å². The minimum atomic E-state index is 1.08. The zero-order chi connectivity index (χ0) is 16.6. The van der Waals surface area contributed by atoms with E-state index in [9.17, 15) is 0 Å². The Morgan fingerprint density at radius 3 is 1.43 bits per heavy atom. The Bertz CT molecular complexity index is 275. The zero-order valence-corrected chi connectivity index (χ0v) is 16.1. The SMILES string of the molecule is CCCCCCCCCCCCCCCCCN1C=CN(C)C1. The Morgan fingerprint density at radius 1 is 0.609 bits per heavy atom. The molecule has 23 heavy (non-hydrogen) atoms. The molecule has 0 spiro atoms. The number of nitrogens with zero attached hydrogens (tertiary/aromatic N) is 2. The van der Waals surface area contributed by atoms with Gasteiger partial charge in [-0.05, 0) is 6.42 Å². The van der Waals surface area contributed by atoms with Crippen molar-refractivity contribution in [3.05, 3.63) is 12.4 Å². The molecule has 0 aliphatic carbocycles. The minimum absolute atomic E-state index is 1.08. The van der Waals surface area contributed by atoms with Crippen molar-refractivity contribution < 1.29 is 0 Å². The van der Waals surface area contributed by atoms with Gasteiger partial charge in [-0.1, -0.05) is 96.8 Å². The average Bonchev–Trinajstić information content (AvgIpc) is 2.96. The maximum atomic E-state index is 2.42. The molecule has 0 fully saturated rings. The first-order valence-corrected chi connectivity index (χ1v) is 10.5. The summed E-state index contributed by atoms with van der Waals surface area (Å²) in [6.45, 7) is 4.61. The topological polar surface area (TPSA) is 6.48 Å². The van der Waals surface area contributed by atoms with Gasteiger partial charge in [-0.25, -0.2) is 0 Å². The Labute approximate surface area is 146 Å². The molecule has 1 aliphatic rings. The summed E-state index contributed by atoms with van der Waals surface area (Å²) >= 11 is 0. The van der Waals surface area contributed by atoms with Crippen molar-refractivity contribution in [2.75, 3.05) is 20.3 Å². The summed E-state index contributed by atoms with van der Waals surface area (Å²) in [5.74, 6) is 0. The fraction of sp³-hybridized carbons (Fsp3) is 0.905. The number of unbranched alkanes of at least 4 members (excludes halogenated alkanes) is 14. The molecular weight excluding hydrogens is 280 g/mol. The van der Waals surface area contributed by atoms with E-state index in [1.165, 1.54) is 103 Å². The Hall–Kier alpha value is -0.660. The molecule has 136 valence electrons. The van der Waals surface area contributed by atoms with Crippen molar-refractivity contribution in [3.8, 4) is 0 Å². The molecule has 0 aromatic carbocycles. The van der Waals surface area contributed by atoms with Crippen molar-refractivity contribution in [2.24, 2.45) is 0 Å². The normalized spacial score (nSPS) is 14.2. The average molecular weight is 323 g/mol. The smallest absolute Gasteiger partial charge is 0.0890 e. The van der Waals surface area contributed by atoms with E-state index < -0.39 is 0 Å². The molecule has 1 aliphatic heterocycles. The molecule has 0 saturated carbocycles. The van der Waals surface area contributed by atoms with Crippen LogP contribution < -0.4 is 0 Å². The molecule has 0 aromatic heterocycles. The van der Waals surface area contributed by atoms with Crippen molar-refractivity contribution in [1.82, 2.24) is 9.80 Å². The van der Waals surface area contributed by atoms with Crippen molar-refractivity contribution >= 4 is 0 Å². The van der Waals surface area contributed by atoms with Crippen LogP contribution in [-0.2, 0) is 0 Å². The maximum absolute atomic E-state index is 2.42. The highest BCUT2D eigenvalue weighted by molar-refractivity contribution is 4.88. The van der Waals surface area contributed by atoms with Gasteiger partial charge in [0.05, 0.1) is 6.67 Å². The maximum Gasteiger partial charge on any atom is 0.0890 e. The second-order valence-corrected chi connectivity index (χ2v) is 7.46. The zero-order valence-electron chi connectivity index (χ0n) is 16.1. The van der Waals surface area contributed by atoms with Crippen LogP contribution in [-0.4, -0.2) is 30.1 Å². The van der Waals surface area contributed by atoms with Gasteiger partial charge in [0, 0.05) is 26.0 Å². The van der Waals surface area contributed by atoms with Crippen LogP contribution in [0.1, 0.15) is 103 Å². The molecule has 0 aromatic rings. The molecule has 0 unspecified atom stereocenters. The van der Waals surface area contributed by atoms with Crippen LogP contribution in [0.25, 0.3) is 0 Å². The van der Waals surface area contributed by atoms with Gasteiger partial charge in [-0.3, -0.25) is 0 Å². The molecule has 0 amide bonds. The molecule has 0 radical (unpaired) electrons. The fourth-order valence-electron chi connectivity index (χ4n) is 3.42. The van der Waals surface area contributed by atoms with Gasteiger partial charge in [0.2, 0.25) is 0 Å². The lowest BCUT2D eigenvalue weighted by Gasteiger charge is -2.17. The minimum Gasteiger partial charge on any atom is -0.362 e. The summed E-state index contributed by atoms with van der Waals surface area (Å²) < 4.78 is 0. The van der Waals surface area contributed by atoms with E-state index in [0.717, 1.165) is 6.67 Å². The predicted molar refractivity (Wildman–Crippen MR) is 103 cm³/mol. The predicted octanol–water partition coefficient (Wildman–Crippen LogP) is 6.53. The second-order valence-electron chi connectivity index (χ2n) is 7.46. The van der Waals surface area contributed by atoms with Crippen LogP contribution in [0.2, 0.25) is 0 Å². The van der Waals surface area contributed by atoms with E-state index in [0.29, 0.717) is 0 Å². The van der Waals surface area contributed by atoms with Crippen LogP contribution in [0, 0.1) is 0 Å². The van der Waals surface area contributed by atoms with E-state index >= 15 is 0 Å². The summed E-state index contributed by atoms with van der Waals surface area (Å²) in [6, 6.07) is 0. The molecule has 1 heterocycles. The molecule has 2 heteroatoms. The van der Waals surface area contributed by atoms with Gasteiger partial charge in [-0.2, -0.15) is 0 Å². The van der Waals surface area contributed by atoms with E-state index in [4.69, 9.17) is 0 Å². The Morgan fingerprint density at radius 2 is 1.04 bits per heavy atom. The highest BCUT2D eigenvalue weighted by Crippen LogP contribution is 2.13. The summed E-state index contributed by atoms with van der Waals surface area (Å²) in [6.07, 6.45) is 26.1. The summed E-state index contributed by atoms with van der Waals surface area (Å²) in [5, 5.41) is 0. The highest BCUT2D eigenvalue weighted by atomic mass is 15.3. The lowest BCUT2D eigenvalue weighted by atomic mass is 10.0.